The number of hydrogen-bond donors (Lipinski definition) is 2. The number of aromatic nitrogens is 2. The molecule has 3 rings (SSSR count). The van der Waals surface area contributed by atoms with Gasteiger partial charge < -0.3 is 10.6 Å². The quantitative estimate of drug-likeness (QED) is 0.708. The molecule has 0 saturated carbocycles. The van der Waals surface area contributed by atoms with Gasteiger partial charge in [0.15, 0.2) is 0 Å². The maximum absolute atomic E-state index is 12.6. The Bertz CT molecular complexity index is 982. The van der Waals surface area contributed by atoms with Crippen molar-refractivity contribution in [2.75, 3.05) is 5.32 Å². The Labute approximate surface area is 159 Å². The number of amides is 1. The minimum Gasteiger partial charge on any atom is -0.347 e. The first-order chi connectivity index (χ1) is 12.9. The summed E-state index contributed by atoms with van der Waals surface area (Å²) in [5.41, 5.74) is 6.54. The molecule has 0 aliphatic heterocycles. The average molecular weight is 360 g/mol. The van der Waals surface area contributed by atoms with Crippen molar-refractivity contribution in [1.29, 1.82) is 0 Å². The van der Waals surface area contributed by atoms with Crippen LogP contribution in [0, 0.1) is 27.7 Å². The van der Waals surface area contributed by atoms with E-state index in [9.17, 15) is 4.79 Å². The van der Waals surface area contributed by atoms with Gasteiger partial charge in [0.25, 0.3) is 5.91 Å². The molecule has 2 aromatic carbocycles. The van der Waals surface area contributed by atoms with Gasteiger partial charge in [-0.2, -0.15) is 0 Å². The van der Waals surface area contributed by atoms with E-state index in [1.54, 1.807) is 6.07 Å². The highest BCUT2D eigenvalue weighted by Gasteiger charge is 2.12. The van der Waals surface area contributed by atoms with Crippen LogP contribution in [0.1, 0.15) is 38.4 Å². The number of nitrogens with zero attached hydrogens (tertiary/aromatic N) is 2. The van der Waals surface area contributed by atoms with E-state index in [0.717, 1.165) is 28.1 Å². The largest absolute Gasteiger partial charge is 0.347 e. The monoisotopic (exact) mass is 360 g/mol. The first-order valence-corrected chi connectivity index (χ1v) is 8.95. The molecule has 2 N–H and O–H groups in total. The predicted octanol–water partition coefficient (Wildman–Crippen LogP) is 4.38. The summed E-state index contributed by atoms with van der Waals surface area (Å²) in [5.74, 6) is 0.204. The summed E-state index contributed by atoms with van der Waals surface area (Å²) in [6, 6.07) is 15.8. The average Bonchev–Trinajstić information content (AvgIpc) is 2.63. The van der Waals surface area contributed by atoms with E-state index in [1.165, 1.54) is 5.56 Å². The molecule has 1 aromatic heterocycles. The van der Waals surface area contributed by atoms with Gasteiger partial charge in [-0.15, -0.1) is 0 Å². The van der Waals surface area contributed by atoms with Crippen LogP contribution in [-0.4, -0.2) is 15.9 Å². The van der Waals surface area contributed by atoms with Crippen LogP contribution < -0.4 is 10.6 Å². The zero-order valence-electron chi connectivity index (χ0n) is 16.1. The molecule has 1 amide bonds. The molecule has 138 valence electrons. The molecular weight excluding hydrogens is 336 g/mol. The molecule has 0 aliphatic rings. The normalized spacial score (nSPS) is 10.5. The summed E-state index contributed by atoms with van der Waals surface area (Å²) in [6.45, 7) is 8.43. The molecule has 0 fully saturated rings. The van der Waals surface area contributed by atoms with Crippen LogP contribution in [0.2, 0.25) is 0 Å². The number of carbonyl (C=O) groups is 1. The zero-order valence-corrected chi connectivity index (χ0v) is 16.1. The summed E-state index contributed by atoms with van der Waals surface area (Å²) in [4.78, 5) is 21.4. The van der Waals surface area contributed by atoms with Crippen molar-refractivity contribution in [1.82, 2.24) is 15.3 Å². The molecule has 27 heavy (non-hydrogen) atoms. The van der Waals surface area contributed by atoms with E-state index in [-0.39, 0.29) is 5.91 Å². The Morgan fingerprint density at radius 1 is 0.926 bits per heavy atom. The number of nitrogens with one attached hydrogen (secondary N) is 2. The van der Waals surface area contributed by atoms with Gasteiger partial charge in [-0.05, 0) is 56.5 Å². The third kappa shape index (κ3) is 4.70. The fourth-order valence-electron chi connectivity index (χ4n) is 2.89. The predicted molar refractivity (Wildman–Crippen MR) is 108 cm³/mol. The number of anilines is 2. The van der Waals surface area contributed by atoms with Crippen molar-refractivity contribution in [3.05, 3.63) is 82.2 Å². The Morgan fingerprint density at radius 2 is 1.70 bits per heavy atom. The lowest BCUT2D eigenvalue weighted by Gasteiger charge is -2.11. The summed E-state index contributed by atoms with van der Waals surface area (Å²) >= 11 is 0. The molecule has 0 bridgehead atoms. The second kappa shape index (κ2) is 7.99. The second-order valence-electron chi connectivity index (χ2n) is 6.77. The van der Waals surface area contributed by atoms with E-state index in [2.05, 4.69) is 33.6 Å². The SMILES string of the molecule is Cc1ccc(Nc2nc(C)cc(C(=O)NCc3ccccc3C)n2)c(C)c1. The Hall–Kier alpha value is -3.21. The Kier molecular flexibility index (Phi) is 5.50. The first kappa shape index (κ1) is 18.6. The topological polar surface area (TPSA) is 66.9 Å². The molecule has 5 heteroatoms. The molecular formula is C22H24N4O. The lowest BCUT2D eigenvalue weighted by molar-refractivity contribution is 0.0945. The standard InChI is InChI=1S/C22H24N4O/c1-14-9-10-19(16(3)11-14)25-22-24-17(4)12-20(26-22)21(27)23-13-18-8-6-5-7-15(18)2/h5-12H,13H2,1-4H3,(H,23,27)(H,24,25,26). The van der Waals surface area contributed by atoms with Crippen molar-refractivity contribution < 1.29 is 4.79 Å². The van der Waals surface area contributed by atoms with Gasteiger partial charge in [0.2, 0.25) is 5.95 Å². The molecule has 0 unspecified atom stereocenters. The lowest BCUT2D eigenvalue weighted by atomic mass is 10.1. The lowest BCUT2D eigenvalue weighted by Crippen LogP contribution is -2.24. The van der Waals surface area contributed by atoms with Gasteiger partial charge in [0.05, 0.1) is 0 Å². The van der Waals surface area contributed by atoms with Crippen LogP contribution in [0.3, 0.4) is 0 Å². The van der Waals surface area contributed by atoms with Crippen molar-refractivity contribution in [2.24, 2.45) is 0 Å². The summed E-state index contributed by atoms with van der Waals surface area (Å²) < 4.78 is 0. The van der Waals surface area contributed by atoms with Gasteiger partial charge in [-0.3, -0.25) is 4.79 Å². The van der Waals surface area contributed by atoms with Gasteiger partial charge in [-0.1, -0.05) is 42.0 Å². The number of rotatable bonds is 5. The van der Waals surface area contributed by atoms with Gasteiger partial charge >= 0.3 is 0 Å². The fourth-order valence-corrected chi connectivity index (χ4v) is 2.89. The third-order valence-electron chi connectivity index (χ3n) is 4.42. The van der Waals surface area contributed by atoms with Crippen LogP contribution in [0.4, 0.5) is 11.6 Å². The molecule has 1 heterocycles. The van der Waals surface area contributed by atoms with Crippen LogP contribution in [-0.2, 0) is 6.54 Å². The number of hydrogen-bond acceptors (Lipinski definition) is 4. The molecule has 0 saturated heterocycles. The molecule has 0 atom stereocenters. The number of carbonyl (C=O) groups excluding carboxylic acids is 1. The van der Waals surface area contributed by atoms with E-state index >= 15 is 0 Å². The van der Waals surface area contributed by atoms with Crippen LogP contribution in [0.15, 0.2) is 48.5 Å². The van der Waals surface area contributed by atoms with Crippen molar-refractivity contribution in [3.8, 4) is 0 Å². The van der Waals surface area contributed by atoms with E-state index in [4.69, 9.17) is 0 Å². The van der Waals surface area contributed by atoms with E-state index < -0.39 is 0 Å². The van der Waals surface area contributed by atoms with Crippen molar-refractivity contribution in [3.63, 3.8) is 0 Å². The Morgan fingerprint density at radius 3 is 2.44 bits per heavy atom. The molecule has 3 aromatic rings. The highest BCUT2D eigenvalue weighted by atomic mass is 16.1. The van der Waals surface area contributed by atoms with Crippen LogP contribution >= 0.6 is 0 Å². The highest BCUT2D eigenvalue weighted by molar-refractivity contribution is 5.92. The van der Waals surface area contributed by atoms with Crippen molar-refractivity contribution in [2.45, 2.75) is 34.2 Å². The maximum Gasteiger partial charge on any atom is 0.270 e. The summed E-state index contributed by atoms with van der Waals surface area (Å²) in [7, 11) is 0. The van der Waals surface area contributed by atoms with Crippen LogP contribution in [0.25, 0.3) is 0 Å². The smallest absolute Gasteiger partial charge is 0.270 e. The number of aryl methyl sites for hydroxylation is 4. The minimum absolute atomic E-state index is 0.215. The fraction of sp³-hybridized carbons (Fsp3) is 0.227. The highest BCUT2D eigenvalue weighted by Crippen LogP contribution is 2.20. The minimum atomic E-state index is -0.215. The molecule has 5 nitrogen and oxygen atoms in total. The van der Waals surface area contributed by atoms with Crippen LogP contribution in [0.5, 0.6) is 0 Å². The first-order valence-electron chi connectivity index (χ1n) is 8.95. The zero-order chi connectivity index (χ0) is 19.4. The second-order valence-corrected chi connectivity index (χ2v) is 6.77. The molecule has 0 radical (unpaired) electrons. The van der Waals surface area contributed by atoms with Gasteiger partial charge in [0.1, 0.15) is 5.69 Å². The van der Waals surface area contributed by atoms with E-state index in [0.29, 0.717) is 18.2 Å². The molecule has 0 aliphatic carbocycles. The van der Waals surface area contributed by atoms with Crippen molar-refractivity contribution >= 4 is 17.5 Å². The Balaban J connectivity index is 1.76. The summed E-state index contributed by atoms with van der Waals surface area (Å²) in [6.07, 6.45) is 0. The summed E-state index contributed by atoms with van der Waals surface area (Å²) in [5, 5.41) is 6.15. The van der Waals surface area contributed by atoms with Gasteiger partial charge in [-0.25, -0.2) is 9.97 Å². The molecule has 0 spiro atoms. The van der Waals surface area contributed by atoms with E-state index in [1.807, 2.05) is 57.2 Å². The van der Waals surface area contributed by atoms with Gasteiger partial charge in [0, 0.05) is 17.9 Å². The maximum atomic E-state index is 12.6. The third-order valence-corrected chi connectivity index (χ3v) is 4.42. The number of benzene rings is 2.